The van der Waals surface area contributed by atoms with E-state index in [0.29, 0.717) is 22.0 Å². The molecule has 3 rings (SSSR count). The topological polar surface area (TPSA) is 69.1 Å². The van der Waals surface area contributed by atoms with Gasteiger partial charge in [-0.2, -0.15) is 0 Å². The molecule has 0 aliphatic heterocycles. The lowest BCUT2D eigenvalue weighted by molar-refractivity contribution is 0.960. The first-order chi connectivity index (χ1) is 9.70. The lowest BCUT2D eigenvalue weighted by Gasteiger charge is -2.06. The second-order valence-corrected chi connectivity index (χ2v) is 4.58. The summed E-state index contributed by atoms with van der Waals surface area (Å²) in [5.41, 5.74) is 8.93. The van der Waals surface area contributed by atoms with Crippen LogP contribution in [-0.2, 0) is 0 Å². The number of hydrogen-bond acceptors (Lipinski definition) is 4. The average molecular weight is 281 g/mol. The van der Waals surface area contributed by atoms with Crippen molar-refractivity contribution in [1.82, 2.24) is 19.6 Å². The van der Waals surface area contributed by atoms with Crippen LogP contribution in [0.25, 0.3) is 23.0 Å². The highest BCUT2D eigenvalue weighted by molar-refractivity contribution is 7.80. The van der Waals surface area contributed by atoms with E-state index >= 15 is 0 Å². The number of fused-ring (bicyclic) bond motifs is 1. The van der Waals surface area contributed by atoms with Gasteiger partial charge in [0.25, 0.3) is 0 Å². The Kier molecular flexibility index (Phi) is 3.00. The Morgan fingerprint density at radius 3 is 2.65 bits per heavy atom. The van der Waals surface area contributed by atoms with Gasteiger partial charge in [-0.3, -0.25) is 4.98 Å². The SMILES string of the molecule is C=Cc1nc2c(C(N)=S)ccc(-c3ccncc3)n2n1. The molecule has 0 saturated heterocycles. The van der Waals surface area contributed by atoms with Gasteiger partial charge in [-0.1, -0.05) is 18.8 Å². The number of nitrogens with two attached hydrogens (primary N) is 1. The van der Waals surface area contributed by atoms with Gasteiger partial charge < -0.3 is 5.73 Å². The van der Waals surface area contributed by atoms with E-state index in [9.17, 15) is 0 Å². The van der Waals surface area contributed by atoms with Crippen molar-refractivity contribution >= 4 is 28.9 Å². The number of pyridine rings is 2. The molecular formula is C14H11N5S. The van der Waals surface area contributed by atoms with Crippen LogP contribution in [0.4, 0.5) is 0 Å². The Bertz CT molecular complexity index is 807. The highest BCUT2D eigenvalue weighted by Gasteiger charge is 2.13. The van der Waals surface area contributed by atoms with Crippen molar-refractivity contribution in [3.63, 3.8) is 0 Å². The van der Waals surface area contributed by atoms with Crippen molar-refractivity contribution in [2.75, 3.05) is 0 Å². The molecule has 0 atom stereocenters. The predicted molar refractivity (Wildman–Crippen MR) is 82.2 cm³/mol. The van der Waals surface area contributed by atoms with E-state index < -0.39 is 0 Å². The summed E-state index contributed by atoms with van der Waals surface area (Å²) >= 11 is 5.06. The predicted octanol–water partition coefficient (Wildman–Crippen LogP) is 2.07. The Morgan fingerprint density at radius 2 is 2.00 bits per heavy atom. The lowest BCUT2D eigenvalue weighted by atomic mass is 10.1. The van der Waals surface area contributed by atoms with Gasteiger partial charge in [-0.15, -0.1) is 5.10 Å². The van der Waals surface area contributed by atoms with Crippen LogP contribution in [0.2, 0.25) is 0 Å². The minimum atomic E-state index is 0.291. The van der Waals surface area contributed by atoms with Gasteiger partial charge in [-0.05, 0) is 30.3 Å². The van der Waals surface area contributed by atoms with Crippen LogP contribution in [0.15, 0.2) is 43.2 Å². The molecule has 0 spiro atoms. The fourth-order valence-electron chi connectivity index (χ4n) is 2.00. The molecule has 3 aromatic rings. The van der Waals surface area contributed by atoms with E-state index in [2.05, 4.69) is 21.6 Å². The zero-order chi connectivity index (χ0) is 14.1. The molecule has 98 valence electrons. The average Bonchev–Trinajstić information content (AvgIpc) is 2.90. The quantitative estimate of drug-likeness (QED) is 0.744. The molecule has 3 aromatic heterocycles. The largest absolute Gasteiger partial charge is 0.389 e. The second kappa shape index (κ2) is 4.82. The first-order valence-electron chi connectivity index (χ1n) is 5.93. The van der Waals surface area contributed by atoms with E-state index in [1.54, 1.807) is 23.0 Å². The summed E-state index contributed by atoms with van der Waals surface area (Å²) in [7, 11) is 0. The van der Waals surface area contributed by atoms with Gasteiger partial charge in [0.1, 0.15) is 4.99 Å². The van der Waals surface area contributed by atoms with Crippen LogP contribution in [-0.4, -0.2) is 24.6 Å². The number of thiocarbonyl (C=S) groups is 1. The van der Waals surface area contributed by atoms with Gasteiger partial charge in [0.15, 0.2) is 11.5 Å². The van der Waals surface area contributed by atoms with Gasteiger partial charge in [0.05, 0.1) is 11.3 Å². The third-order valence-corrected chi connectivity index (χ3v) is 3.14. The monoisotopic (exact) mass is 281 g/mol. The normalized spacial score (nSPS) is 10.6. The van der Waals surface area contributed by atoms with Gasteiger partial charge >= 0.3 is 0 Å². The van der Waals surface area contributed by atoms with Crippen LogP contribution in [0.5, 0.6) is 0 Å². The van der Waals surface area contributed by atoms with E-state index in [1.165, 1.54) is 0 Å². The highest BCUT2D eigenvalue weighted by atomic mass is 32.1. The fraction of sp³-hybridized carbons (Fsp3) is 0. The van der Waals surface area contributed by atoms with Crippen molar-refractivity contribution in [2.45, 2.75) is 0 Å². The van der Waals surface area contributed by atoms with Crippen molar-refractivity contribution in [3.05, 3.63) is 54.6 Å². The van der Waals surface area contributed by atoms with Crippen LogP contribution in [0.3, 0.4) is 0 Å². The summed E-state index contributed by atoms with van der Waals surface area (Å²) in [4.78, 5) is 8.70. The molecule has 0 fully saturated rings. The Hall–Kier alpha value is -2.60. The van der Waals surface area contributed by atoms with Crippen molar-refractivity contribution < 1.29 is 0 Å². The van der Waals surface area contributed by atoms with Gasteiger partial charge in [0, 0.05) is 18.0 Å². The third-order valence-electron chi connectivity index (χ3n) is 2.92. The molecule has 0 aliphatic carbocycles. The first kappa shape index (κ1) is 12.4. The van der Waals surface area contributed by atoms with Crippen LogP contribution in [0.1, 0.15) is 11.4 Å². The molecule has 0 saturated carbocycles. The number of hydrogen-bond donors (Lipinski definition) is 1. The summed E-state index contributed by atoms with van der Waals surface area (Å²) in [5, 5.41) is 4.40. The molecule has 2 N–H and O–H groups in total. The summed E-state index contributed by atoms with van der Waals surface area (Å²) in [5.74, 6) is 0.531. The van der Waals surface area contributed by atoms with Crippen LogP contribution >= 0.6 is 12.2 Å². The standard InChI is InChI=1S/C14H11N5S/c1-2-12-17-14-10(13(15)20)3-4-11(19(14)18-12)9-5-7-16-8-6-9/h2-8H,1H2,(H2,15,20). The molecule has 0 aliphatic rings. The van der Waals surface area contributed by atoms with E-state index in [4.69, 9.17) is 18.0 Å². The fourth-order valence-corrected chi connectivity index (χ4v) is 2.16. The number of nitrogens with zero attached hydrogens (tertiary/aromatic N) is 4. The van der Waals surface area contributed by atoms with E-state index in [0.717, 1.165) is 11.3 Å². The van der Waals surface area contributed by atoms with Crippen molar-refractivity contribution in [2.24, 2.45) is 5.73 Å². The molecule has 0 radical (unpaired) electrons. The summed E-state index contributed by atoms with van der Waals surface area (Å²) in [6.45, 7) is 3.69. The highest BCUT2D eigenvalue weighted by Crippen LogP contribution is 2.22. The van der Waals surface area contributed by atoms with E-state index in [-0.39, 0.29) is 0 Å². The summed E-state index contributed by atoms with van der Waals surface area (Å²) < 4.78 is 1.72. The third kappa shape index (κ3) is 1.96. The zero-order valence-electron chi connectivity index (χ0n) is 10.5. The molecule has 0 unspecified atom stereocenters. The first-order valence-corrected chi connectivity index (χ1v) is 6.34. The maximum atomic E-state index is 5.73. The van der Waals surface area contributed by atoms with E-state index in [1.807, 2.05) is 24.3 Å². The summed E-state index contributed by atoms with van der Waals surface area (Å²) in [6, 6.07) is 7.59. The zero-order valence-corrected chi connectivity index (χ0v) is 11.3. The minimum absolute atomic E-state index is 0.291. The van der Waals surface area contributed by atoms with Crippen LogP contribution < -0.4 is 5.73 Å². The Balaban J connectivity index is 2.35. The maximum absolute atomic E-state index is 5.73. The maximum Gasteiger partial charge on any atom is 0.174 e. The number of aromatic nitrogens is 4. The molecule has 5 nitrogen and oxygen atoms in total. The Labute approximate surface area is 120 Å². The molecule has 3 heterocycles. The molecular weight excluding hydrogens is 270 g/mol. The van der Waals surface area contributed by atoms with Crippen LogP contribution in [0, 0.1) is 0 Å². The van der Waals surface area contributed by atoms with Crippen molar-refractivity contribution in [3.8, 4) is 11.3 Å². The molecule has 0 bridgehead atoms. The number of rotatable bonds is 3. The summed E-state index contributed by atoms with van der Waals surface area (Å²) in [6.07, 6.45) is 5.05. The molecule has 0 amide bonds. The molecule has 0 aromatic carbocycles. The second-order valence-electron chi connectivity index (χ2n) is 4.14. The van der Waals surface area contributed by atoms with Gasteiger partial charge in [-0.25, -0.2) is 9.50 Å². The van der Waals surface area contributed by atoms with Crippen molar-refractivity contribution in [1.29, 1.82) is 0 Å². The molecule has 6 heteroatoms. The lowest BCUT2D eigenvalue weighted by Crippen LogP contribution is -2.12. The molecule has 20 heavy (non-hydrogen) atoms. The van der Waals surface area contributed by atoms with Gasteiger partial charge in [0.2, 0.25) is 0 Å². The smallest absolute Gasteiger partial charge is 0.174 e. The minimum Gasteiger partial charge on any atom is -0.389 e. The Morgan fingerprint density at radius 1 is 1.25 bits per heavy atom.